The van der Waals surface area contributed by atoms with E-state index in [1.165, 1.54) is 0 Å². The Balaban J connectivity index is 0.00000420. The van der Waals surface area contributed by atoms with Gasteiger partial charge in [-0.1, -0.05) is 0 Å². The molecule has 170 valence electrons. The molecule has 0 spiro atoms. The SMILES string of the molecule is CCOC(=O)C1CCN(C(=NC)NCCS(=O)(=O)NCC2CCCCO2)CC1.I. The summed E-state index contributed by atoms with van der Waals surface area (Å²) in [6.45, 7) is 4.89. The normalized spacial score (nSPS) is 21.4. The van der Waals surface area contributed by atoms with E-state index in [9.17, 15) is 13.2 Å². The minimum absolute atomic E-state index is 0. The lowest BCUT2D eigenvalue weighted by Gasteiger charge is -2.33. The maximum atomic E-state index is 12.2. The predicted octanol–water partition coefficient (Wildman–Crippen LogP) is 0.943. The molecular weight excluding hydrogens is 511 g/mol. The fraction of sp³-hybridized carbons (Fsp3) is 0.889. The van der Waals surface area contributed by atoms with Gasteiger partial charge in [0.1, 0.15) is 0 Å². The Morgan fingerprint density at radius 1 is 1.24 bits per heavy atom. The number of esters is 1. The fourth-order valence-electron chi connectivity index (χ4n) is 3.48. The molecule has 2 N–H and O–H groups in total. The summed E-state index contributed by atoms with van der Waals surface area (Å²) in [6.07, 6.45) is 4.42. The summed E-state index contributed by atoms with van der Waals surface area (Å²) in [7, 11) is -1.70. The quantitative estimate of drug-likeness (QED) is 0.202. The third kappa shape index (κ3) is 9.35. The number of halogens is 1. The van der Waals surface area contributed by atoms with Gasteiger partial charge in [-0.25, -0.2) is 13.1 Å². The number of aliphatic imine (C=N–C) groups is 1. The Hall–Kier alpha value is -0.660. The van der Waals surface area contributed by atoms with Gasteiger partial charge < -0.3 is 19.7 Å². The van der Waals surface area contributed by atoms with E-state index >= 15 is 0 Å². The molecule has 0 aromatic rings. The van der Waals surface area contributed by atoms with Crippen molar-refractivity contribution in [3.63, 3.8) is 0 Å². The van der Waals surface area contributed by atoms with Gasteiger partial charge in [0.2, 0.25) is 10.0 Å². The standard InChI is InChI=1S/C18H34N4O5S.HI/c1-3-26-17(23)15-7-10-22(11-8-15)18(19-2)20-9-13-28(24,25)21-14-16-6-4-5-12-27-16;/h15-16,21H,3-14H2,1-2H3,(H,19,20);1H. The second-order valence-corrected chi connectivity index (χ2v) is 9.07. The van der Waals surface area contributed by atoms with Crippen LogP contribution in [0.25, 0.3) is 0 Å². The van der Waals surface area contributed by atoms with Crippen LogP contribution in [0.5, 0.6) is 0 Å². The highest BCUT2D eigenvalue weighted by Gasteiger charge is 2.27. The van der Waals surface area contributed by atoms with E-state index in [1.54, 1.807) is 7.05 Å². The van der Waals surface area contributed by atoms with E-state index in [0.29, 0.717) is 51.6 Å². The van der Waals surface area contributed by atoms with Gasteiger partial charge in [0.15, 0.2) is 5.96 Å². The first kappa shape index (κ1) is 26.4. The molecule has 0 aromatic heterocycles. The topological polar surface area (TPSA) is 109 Å². The summed E-state index contributed by atoms with van der Waals surface area (Å²) in [6, 6.07) is 0. The van der Waals surface area contributed by atoms with Gasteiger partial charge >= 0.3 is 5.97 Å². The number of piperidine rings is 1. The van der Waals surface area contributed by atoms with Crippen molar-refractivity contribution in [2.45, 2.75) is 45.1 Å². The molecule has 2 saturated heterocycles. The van der Waals surface area contributed by atoms with Crippen LogP contribution in [0.1, 0.15) is 39.0 Å². The molecule has 11 heteroatoms. The molecular formula is C18H35IN4O5S. The van der Waals surface area contributed by atoms with E-state index in [1.807, 2.05) is 11.8 Å². The van der Waals surface area contributed by atoms with Crippen LogP contribution in [0.15, 0.2) is 4.99 Å². The second kappa shape index (κ2) is 13.6. The molecule has 2 aliphatic heterocycles. The molecule has 2 fully saturated rings. The molecule has 0 amide bonds. The van der Waals surface area contributed by atoms with Gasteiger partial charge in [0, 0.05) is 39.8 Å². The molecule has 1 unspecified atom stereocenters. The van der Waals surface area contributed by atoms with Gasteiger partial charge in [-0.3, -0.25) is 9.79 Å². The van der Waals surface area contributed by atoms with Gasteiger partial charge in [-0.05, 0) is 39.0 Å². The zero-order chi connectivity index (χ0) is 20.4. The molecule has 0 radical (unpaired) electrons. The highest BCUT2D eigenvalue weighted by molar-refractivity contribution is 14.0. The van der Waals surface area contributed by atoms with Gasteiger partial charge in [0.05, 0.1) is 24.4 Å². The van der Waals surface area contributed by atoms with E-state index in [4.69, 9.17) is 9.47 Å². The van der Waals surface area contributed by atoms with Crippen LogP contribution < -0.4 is 10.0 Å². The number of carbonyl (C=O) groups is 1. The fourth-order valence-corrected chi connectivity index (χ4v) is 4.43. The summed E-state index contributed by atoms with van der Waals surface area (Å²) in [5, 5.41) is 3.11. The Morgan fingerprint density at radius 2 is 1.97 bits per heavy atom. The van der Waals surface area contributed by atoms with Crippen LogP contribution in [0.3, 0.4) is 0 Å². The zero-order valence-electron chi connectivity index (χ0n) is 17.4. The molecule has 0 bridgehead atoms. The van der Waals surface area contributed by atoms with Crippen molar-refractivity contribution in [3.05, 3.63) is 0 Å². The number of hydrogen-bond donors (Lipinski definition) is 2. The van der Waals surface area contributed by atoms with Gasteiger partial charge in [-0.15, -0.1) is 24.0 Å². The maximum Gasteiger partial charge on any atom is 0.309 e. The van der Waals surface area contributed by atoms with E-state index in [-0.39, 0.29) is 54.3 Å². The lowest BCUT2D eigenvalue weighted by atomic mass is 9.97. The van der Waals surface area contributed by atoms with Crippen LogP contribution >= 0.6 is 24.0 Å². The molecule has 29 heavy (non-hydrogen) atoms. The van der Waals surface area contributed by atoms with Crippen LogP contribution in [-0.2, 0) is 24.3 Å². The zero-order valence-corrected chi connectivity index (χ0v) is 20.5. The average molecular weight is 546 g/mol. The summed E-state index contributed by atoms with van der Waals surface area (Å²) in [4.78, 5) is 18.1. The summed E-state index contributed by atoms with van der Waals surface area (Å²) < 4.78 is 37.6. The Bertz CT molecular complexity index is 618. The van der Waals surface area contributed by atoms with E-state index in [2.05, 4.69) is 15.0 Å². The molecule has 2 aliphatic rings. The Labute approximate surface area is 191 Å². The lowest BCUT2D eigenvalue weighted by molar-refractivity contribution is -0.149. The minimum atomic E-state index is -3.37. The monoisotopic (exact) mass is 546 g/mol. The lowest BCUT2D eigenvalue weighted by Crippen LogP contribution is -2.48. The summed E-state index contributed by atoms with van der Waals surface area (Å²) in [5.41, 5.74) is 0. The summed E-state index contributed by atoms with van der Waals surface area (Å²) in [5.74, 6) is 0.427. The molecule has 0 aliphatic carbocycles. The number of nitrogens with zero attached hydrogens (tertiary/aromatic N) is 2. The van der Waals surface area contributed by atoms with Crippen LogP contribution in [0.4, 0.5) is 0 Å². The third-order valence-electron chi connectivity index (χ3n) is 5.09. The average Bonchev–Trinajstić information content (AvgIpc) is 2.71. The van der Waals surface area contributed by atoms with Crippen molar-refractivity contribution in [3.8, 4) is 0 Å². The van der Waals surface area contributed by atoms with E-state index in [0.717, 1.165) is 19.3 Å². The number of carbonyl (C=O) groups excluding carboxylic acids is 1. The largest absolute Gasteiger partial charge is 0.466 e. The minimum Gasteiger partial charge on any atom is -0.466 e. The first-order chi connectivity index (χ1) is 13.4. The predicted molar refractivity (Wildman–Crippen MR) is 123 cm³/mol. The maximum absolute atomic E-state index is 12.2. The van der Waals surface area contributed by atoms with Gasteiger partial charge in [-0.2, -0.15) is 0 Å². The number of sulfonamides is 1. The first-order valence-electron chi connectivity index (χ1n) is 10.2. The van der Waals surface area contributed by atoms with E-state index < -0.39 is 10.0 Å². The second-order valence-electron chi connectivity index (χ2n) is 7.14. The summed E-state index contributed by atoms with van der Waals surface area (Å²) >= 11 is 0. The van der Waals surface area contributed by atoms with Crippen LogP contribution in [0.2, 0.25) is 0 Å². The highest BCUT2D eigenvalue weighted by atomic mass is 127. The van der Waals surface area contributed by atoms with Crippen molar-refractivity contribution in [1.29, 1.82) is 0 Å². The number of guanidine groups is 1. The molecule has 1 atom stereocenters. The molecule has 9 nitrogen and oxygen atoms in total. The van der Waals surface area contributed by atoms with Gasteiger partial charge in [0.25, 0.3) is 0 Å². The number of likely N-dealkylation sites (tertiary alicyclic amines) is 1. The number of rotatable bonds is 8. The van der Waals surface area contributed by atoms with Crippen LogP contribution in [-0.4, -0.2) is 83.5 Å². The molecule has 2 heterocycles. The Morgan fingerprint density at radius 3 is 2.55 bits per heavy atom. The van der Waals surface area contributed by atoms with Crippen molar-refractivity contribution >= 4 is 45.9 Å². The Kier molecular flexibility index (Phi) is 12.4. The van der Waals surface area contributed by atoms with Crippen molar-refractivity contribution in [2.24, 2.45) is 10.9 Å². The molecule has 0 saturated carbocycles. The number of hydrogen-bond acceptors (Lipinski definition) is 6. The van der Waals surface area contributed by atoms with Crippen molar-refractivity contribution in [2.75, 3.05) is 52.2 Å². The molecule has 0 aromatic carbocycles. The highest BCUT2D eigenvalue weighted by Crippen LogP contribution is 2.18. The first-order valence-corrected chi connectivity index (χ1v) is 11.8. The van der Waals surface area contributed by atoms with Crippen molar-refractivity contribution < 1.29 is 22.7 Å². The number of nitrogens with one attached hydrogen (secondary N) is 2. The molecule has 2 rings (SSSR count). The smallest absolute Gasteiger partial charge is 0.309 e. The third-order valence-corrected chi connectivity index (χ3v) is 6.43. The number of ether oxygens (including phenoxy) is 2. The van der Waals surface area contributed by atoms with Crippen molar-refractivity contribution in [1.82, 2.24) is 14.9 Å². The van der Waals surface area contributed by atoms with Crippen LogP contribution in [0, 0.1) is 5.92 Å².